The highest BCUT2D eigenvalue weighted by Gasteiger charge is 2.49. The SMILES string of the molecule is CCCCSCC1(CCCC)C(=O)NC(=O)NC1=O. The summed E-state index contributed by atoms with van der Waals surface area (Å²) in [6.45, 7) is 4.12. The third-order valence-electron chi connectivity index (χ3n) is 3.27. The van der Waals surface area contributed by atoms with Crippen LogP contribution in [0.5, 0.6) is 0 Å². The van der Waals surface area contributed by atoms with Crippen molar-refractivity contribution < 1.29 is 14.4 Å². The fourth-order valence-electron chi connectivity index (χ4n) is 1.98. The van der Waals surface area contributed by atoms with Gasteiger partial charge in [0.1, 0.15) is 5.41 Å². The van der Waals surface area contributed by atoms with Gasteiger partial charge >= 0.3 is 6.03 Å². The number of hydrogen-bond donors (Lipinski definition) is 2. The van der Waals surface area contributed by atoms with Crippen LogP contribution in [0.4, 0.5) is 4.79 Å². The van der Waals surface area contributed by atoms with E-state index < -0.39 is 23.3 Å². The molecule has 4 amide bonds. The van der Waals surface area contributed by atoms with E-state index in [1.54, 1.807) is 11.8 Å². The second-order valence-corrected chi connectivity index (χ2v) is 5.93. The van der Waals surface area contributed by atoms with Gasteiger partial charge < -0.3 is 0 Å². The lowest BCUT2D eigenvalue weighted by atomic mass is 9.81. The summed E-state index contributed by atoms with van der Waals surface area (Å²) in [6, 6.07) is -0.708. The minimum absolute atomic E-state index is 0.442. The molecule has 0 unspecified atom stereocenters. The van der Waals surface area contributed by atoms with Crippen LogP contribution >= 0.6 is 11.8 Å². The Hall–Kier alpha value is -1.04. The molecule has 108 valence electrons. The van der Waals surface area contributed by atoms with E-state index in [0.29, 0.717) is 12.2 Å². The van der Waals surface area contributed by atoms with Crippen molar-refractivity contribution in [2.45, 2.75) is 46.0 Å². The minimum Gasteiger partial charge on any atom is -0.277 e. The highest BCUT2D eigenvalue weighted by Crippen LogP contribution is 2.32. The maximum Gasteiger partial charge on any atom is 0.328 e. The van der Waals surface area contributed by atoms with Crippen LogP contribution in [-0.2, 0) is 9.59 Å². The van der Waals surface area contributed by atoms with Crippen LogP contribution in [0.1, 0.15) is 46.0 Å². The summed E-state index contributed by atoms with van der Waals surface area (Å²) in [4.78, 5) is 35.4. The molecule has 0 bridgehead atoms. The van der Waals surface area contributed by atoms with Gasteiger partial charge in [0, 0.05) is 5.75 Å². The highest BCUT2D eigenvalue weighted by molar-refractivity contribution is 7.99. The molecule has 0 radical (unpaired) electrons. The molecule has 1 heterocycles. The molecule has 0 atom stereocenters. The summed E-state index contributed by atoms with van der Waals surface area (Å²) in [7, 11) is 0. The molecular weight excluding hydrogens is 264 g/mol. The molecule has 0 aliphatic carbocycles. The number of unbranched alkanes of at least 4 members (excludes halogenated alkanes) is 2. The molecule has 1 aliphatic heterocycles. The van der Waals surface area contributed by atoms with E-state index in [-0.39, 0.29) is 0 Å². The first-order chi connectivity index (χ1) is 9.06. The molecule has 0 saturated carbocycles. The zero-order valence-corrected chi connectivity index (χ0v) is 12.4. The Labute approximate surface area is 118 Å². The molecule has 6 heteroatoms. The van der Waals surface area contributed by atoms with Gasteiger partial charge in [-0.15, -0.1) is 0 Å². The second-order valence-electron chi connectivity index (χ2n) is 4.83. The molecule has 1 aliphatic rings. The van der Waals surface area contributed by atoms with Crippen molar-refractivity contribution >= 4 is 29.6 Å². The van der Waals surface area contributed by atoms with Crippen LogP contribution in [0.25, 0.3) is 0 Å². The lowest BCUT2D eigenvalue weighted by molar-refractivity contribution is -0.143. The van der Waals surface area contributed by atoms with Crippen molar-refractivity contribution in [2.75, 3.05) is 11.5 Å². The van der Waals surface area contributed by atoms with E-state index in [2.05, 4.69) is 17.6 Å². The van der Waals surface area contributed by atoms with Gasteiger partial charge in [-0.2, -0.15) is 11.8 Å². The minimum atomic E-state index is -1.08. The number of carbonyl (C=O) groups is 3. The number of urea groups is 1. The number of rotatable bonds is 8. The van der Waals surface area contributed by atoms with E-state index >= 15 is 0 Å². The number of nitrogens with one attached hydrogen (secondary N) is 2. The fraction of sp³-hybridized carbons (Fsp3) is 0.769. The Morgan fingerprint density at radius 1 is 1.00 bits per heavy atom. The Morgan fingerprint density at radius 2 is 1.58 bits per heavy atom. The van der Waals surface area contributed by atoms with E-state index in [0.717, 1.165) is 31.4 Å². The smallest absolute Gasteiger partial charge is 0.277 e. The second kappa shape index (κ2) is 7.53. The molecule has 0 spiro atoms. The molecule has 2 N–H and O–H groups in total. The average molecular weight is 286 g/mol. The van der Waals surface area contributed by atoms with Crippen LogP contribution in [0, 0.1) is 5.41 Å². The quantitative estimate of drug-likeness (QED) is 0.529. The maximum atomic E-state index is 12.1. The van der Waals surface area contributed by atoms with Gasteiger partial charge in [0.05, 0.1) is 0 Å². The van der Waals surface area contributed by atoms with Gasteiger partial charge in [-0.3, -0.25) is 20.2 Å². The highest BCUT2D eigenvalue weighted by atomic mass is 32.2. The van der Waals surface area contributed by atoms with Crippen LogP contribution in [0.2, 0.25) is 0 Å². The van der Waals surface area contributed by atoms with Crippen molar-refractivity contribution in [3.63, 3.8) is 0 Å². The first-order valence-corrected chi connectivity index (χ1v) is 7.97. The molecule has 1 rings (SSSR count). The third kappa shape index (κ3) is 3.96. The summed E-state index contributed by atoms with van der Waals surface area (Å²) in [5.74, 6) is 0.481. The van der Waals surface area contributed by atoms with Crippen molar-refractivity contribution in [1.29, 1.82) is 0 Å². The maximum absolute atomic E-state index is 12.1. The Bertz CT molecular complexity index is 338. The monoisotopic (exact) mass is 286 g/mol. The largest absolute Gasteiger partial charge is 0.328 e. The Kier molecular flexibility index (Phi) is 6.34. The van der Waals surface area contributed by atoms with Gasteiger partial charge in [0.2, 0.25) is 11.8 Å². The number of amides is 4. The summed E-state index contributed by atoms with van der Waals surface area (Å²) in [6.07, 6.45) is 4.36. The molecule has 19 heavy (non-hydrogen) atoms. The van der Waals surface area contributed by atoms with E-state index in [4.69, 9.17) is 0 Å². The lowest BCUT2D eigenvalue weighted by Crippen LogP contribution is -2.63. The first-order valence-electron chi connectivity index (χ1n) is 6.81. The van der Waals surface area contributed by atoms with Crippen LogP contribution < -0.4 is 10.6 Å². The Morgan fingerprint density at radius 3 is 2.11 bits per heavy atom. The van der Waals surface area contributed by atoms with Gasteiger partial charge in [0.25, 0.3) is 0 Å². The van der Waals surface area contributed by atoms with Gasteiger partial charge in [-0.25, -0.2) is 4.79 Å². The predicted octanol–water partition coefficient (Wildman–Crippen LogP) is 2.06. The fourth-order valence-corrected chi connectivity index (χ4v) is 3.37. The van der Waals surface area contributed by atoms with Crippen molar-refractivity contribution in [3.8, 4) is 0 Å². The van der Waals surface area contributed by atoms with E-state index in [1.165, 1.54) is 0 Å². The first kappa shape index (κ1) is 16.0. The molecule has 0 aromatic carbocycles. The number of thioether (sulfide) groups is 1. The summed E-state index contributed by atoms with van der Waals surface area (Å²) in [5, 5.41) is 4.45. The molecular formula is C13H22N2O3S. The van der Waals surface area contributed by atoms with Crippen LogP contribution in [-0.4, -0.2) is 29.4 Å². The van der Waals surface area contributed by atoms with Crippen LogP contribution in [0.15, 0.2) is 0 Å². The van der Waals surface area contributed by atoms with Gasteiger partial charge in [-0.05, 0) is 18.6 Å². The average Bonchev–Trinajstić information content (AvgIpc) is 2.36. The summed E-state index contributed by atoms with van der Waals surface area (Å²) >= 11 is 1.61. The number of imide groups is 2. The van der Waals surface area contributed by atoms with Gasteiger partial charge in [-0.1, -0.05) is 33.1 Å². The van der Waals surface area contributed by atoms with Crippen LogP contribution in [0.3, 0.4) is 0 Å². The summed E-state index contributed by atoms with van der Waals surface area (Å²) < 4.78 is 0. The third-order valence-corrected chi connectivity index (χ3v) is 4.55. The Balaban J connectivity index is 2.75. The molecule has 1 saturated heterocycles. The lowest BCUT2D eigenvalue weighted by Gasteiger charge is -2.33. The predicted molar refractivity (Wildman–Crippen MR) is 75.9 cm³/mol. The normalized spacial score (nSPS) is 18.1. The van der Waals surface area contributed by atoms with Gasteiger partial charge in [0.15, 0.2) is 0 Å². The number of barbiturate groups is 1. The topological polar surface area (TPSA) is 75.3 Å². The number of carbonyl (C=O) groups excluding carboxylic acids is 3. The zero-order chi connectivity index (χ0) is 14.3. The molecule has 5 nitrogen and oxygen atoms in total. The van der Waals surface area contributed by atoms with E-state index in [1.807, 2.05) is 6.92 Å². The number of hydrogen-bond acceptors (Lipinski definition) is 4. The standard InChI is InChI=1S/C13H22N2O3S/c1-3-5-7-13(9-19-8-6-4-2)10(16)14-12(18)15-11(13)17/h3-9H2,1-2H3,(H2,14,15,16,17,18). The van der Waals surface area contributed by atoms with Crippen molar-refractivity contribution in [2.24, 2.45) is 5.41 Å². The molecule has 0 aromatic rings. The van der Waals surface area contributed by atoms with E-state index in [9.17, 15) is 14.4 Å². The van der Waals surface area contributed by atoms with Crippen molar-refractivity contribution in [1.82, 2.24) is 10.6 Å². The summed E-state index contributed by atoms with van der Waals surface area (Å²) in [5.41, 5.74) is -1.08. The zero-order valence-electron chi connectivity index (χ0n) is 11.6. The van der Waals surface area contributed by atoms with Crippen molar-refractivity contribution in [3.05, 3.63) is 0 Å². The molecule has 1 fully saturated rings. The molecule has 0 aromatic heterocycles.